The van der Waals surface area contributed by atoms with E-state index in [4.69, 9.17) is 0 Å². The Morgan fingerprint density at radius 1 is 0.583 bits per heavy atom. The Balaban J connectivity index is 1.91. The topological polar surface area (TPSA) is 4.93 Å². The summed E-state index contributed by atoms with van der Waals surface area (Å²) in [5.74, 6) is 0. The van der Waals surface area contributed by atoms with Gasteiger partial charge in [-0.3, -0.25) is 0 Å². The largest absolute Gasteiger partial charge is 0.309 e. The second kappa shape index (κ2) is 5.22. The molecule has 0 bridgehead atoms. The highest BCUT2D eigenvalue weighted by molar-refractivity contribution is 9.10. The molecule has 0 unspecified atom stereocenters. The molecule has 24 heavy (non-hydrogen) atoms. The molecule has 5 aromatic rings. The summed E-state index contributed by atoms with van der Waals surface area (Å²) in [5.41, 5.74) is 3.68. The van der Waals surface area contributed by atoms with Gasteiger partial charge in [-0.05, 0) is 47.2 Å². The van der Waals surface area contributed by atoms with Crippen molar-refractivity contribution in [3.05, 3.63) is 89.4 Å². The molecule has 0 aliphatic heterocycles. The van der Waals surface area contributed by atoms with Crippen molar-refractivity contribution in [3.8, 4) is 5.69 Å². The number of benzene rings is 4. The van der Waals surface area contributed by atoms with Gasteiger partial charge in [0.1, 0.15) is 0 Å². The van der Waals surface area contributed by atoms with Gasteiger partial charge in [-0.1, -0.05) is 64.5 Å². The predicted molar refractivity (Wildman–Crippen MR) is 106 cm³/mol. The fourth-order valence-corrected chi connectivity index (χ4v) is 3.92. The lowest BCUT2D eigenvalue weighted by Gasteiger charge is -2.09. The van der Waals surface area contributed by atoms with Crippen LogP contribution in [0.4, 0.5) is 0 Å². The van der Waals surface area contributed by atoms with Gasteiger partial charge >= 0.3 is 0 Å². The lowest BCUT2D eigenvalue weighted by atomic mass is 10.1. The standard InChI is InChI=1S/C22H14BrN/c23-17-11-9-15-10-12-18(14-16(15)13-17)24-21-7-3-1-5-19(21)20-6-2-4-8-22(20)24/h1-14H. The molecule has 0 saturated heterocycles. The summed E-state index contributed by atoms with van der Waals surface area (Å²) in [6.45, 7) is 0. The first-order chi connectivity index (χ1) is 11.8. The molecule has 4 aromatic carbocycles. The van der Waals surface area contributed by atoms with E-state index in [1.54, 1.807) is 0 Å². The Labute approximate surface area is 148 Å². The van der Waals surface area contributed by atoms with Crippen LogP contribution in [-0.2, 0) is 0 Å². The first-order valence-electron chi connectivity index (χ1n) is 7.99. The molecule has 0 N–H and O–H groups in total. The van der Waals surface area contributed by atoms with Gasteiger partial charge in [0.25, 0.3) is 0 Å². The summed E-state index contributed by atoms with van der Waals surface area (Å²) >= 11 is 3.58. The molecule has 5 rings (SSSR count). The van der Waals surface area contributed by atoms with Crippen molar-refractivity contribution in [2.24, 2.45) is 0 Å². The molecule has 0 aliphatic rings. The van der Waals surface area contributed by atoms with Crippen LogP contribution in [0.2, 0.25) is 0 Å². The molecule has 0 radical (unpaired) electrons. The third-order valence-electron chi connectivity index (χ3n) is 4.62. The van der Waals surface area contributed by atoms with Crippen LogP contribution in [0.25, 0.3) is 38.3 Å². The molecule has 1 nitrogen and oxygen atoms in total. The van der Waals surface area contributed by atoms with E-state index in [-0.39, 0.29) is 0 Å². The SMILES string of the molecule is Brc1ccc2ccc(-n3c4ccccc4c4ccccc43)cc2c1. The quantitative estimate of drug-likeness (QED) is 0.309. The number of para-hydroxylation sites is 2. The van der Waals surface area contributed by atoms with E-state index in [0.717, 1.165) is 4.47 Å². The van der Waals surface area contributed by atoms with Gasteiger partial charge in [-0.2, -0.15) is 0 Å². The highest BCUT2D eigenvalue weighted by Crippen LogP contribution is 2.33. The molecule has 0 fully saturated rings. The predicted octanol–water partition coefficient (Wildman–Crippen LogP) is 6.70. The summed E-state index contributed by atoms with van der Waals surface area (Å²) in [4.78, 5) is 0. The maximum atomic E-state index is 3.58. The maximum Gasteiger partial charge on any atom is 0.0541 e. The minimum absolute atomic E-state index is 1.11. The lowest BCUT2D eigenvalue weighted by Crippen LogP contribution is -1.93. The summed E-state index contributed by atoms with van der Waals surface area (Å²) in [5, 5.41) is 5.08. The van der Waals surface area contributed by atoms with Gasteiger partial charge in [-0.25, -0.2) is 0 Å². The van der Waals surface area contributed by atoms with Crippen LogP contribution in [0.1, 0.15) is 0 Å². The Bertz CT molecular complexity index is 1160. The highest BCUT2D eigenvalue weighted by atomic mass is 79.9. The fourth-order valence-electron chi connectivity index (χ4n) is 3.54. The Morgan fingerprint density at radius 3 is 1.92 bits per heavy atom. The van der Waals surface area contributed by atoms with E-state index in [0.29, 0.717) is 0 Å². The lowest BCUT2D eigenvalue weighted by molar-refractivity contribution is 1.19. The average Bonchev–Trinajstić information content (AvgIpc) is 2.95. The number of fused-ring (bicyclic) bond motifs is 4. The van der Waals surface area contributed by atoms with Crippen molar-refractivity contribution in [2.75, 3.05) is 0 Å². The van der Waals surface area contributed by atoms with E-state index in [2.05, 4.69) is 105 Å². The second-order valence-electron chi connectivity index (χ2n) is 6.05. The summed E-state index contributed by atoms with van der Waals surface area (Å²) in [7, 11) is 0. The first kappa shape index (κ1) is 13.8. The van der Waals surface area contributed by atoms with Crippen LogP contribution in [0.15, 0.2) is 89.4 Å². The zero-order valence-electron chi connectivity index (χ0n) is 12.9. The zero-order valence-corrected chi connectivity index (χ0v) is 14.5. The number of hydrogen-bond acceptors (Lipinski definition) is 0. The number of halogens is 1. The van der Waals surface area contributed by atoms with Crippen molar-refractivity contribution in [1.82, 2.24) is 4.57 Å². The smallest absolute Gasteiger partial charge is 0.0541 e. The minimum Gasteiger partial charge on any atom is -0.309 e. The Kier molecular flexibility index (Phi) is 3.00. The summed E-state index contributed by atoms with van der Waals surface area (Å²) in [6, 6.07) is 30.3. The van der Waals surface area contributed by atoms with E-state index in [1.165, 1.54) is 38.3 Å². The number of hydrogen-bond donors (Lipinski definition) is 0. The van der Waals surface area contributed by atoms with Crippen molar-refractivity contribution in [1.29, 1.82) is 0 Å². The highest BCUT2D eigenvalue weighted by Gasteiger charge is 2.11. The van der Waals surface area contributed by atoms with Gasteiger partial charge < -0.3 is 4.57 Å². The monoisotopic (exact) mass is 371 g/mol. The number of aromatic nitrogens is 1. The number of rotatable bonds is 1. The van der Waals surface area contributed by atoms with Gasteiger partial charge in [0.2, 0.25) is 0 Å². The third kappa shape index (κ3) is 2.00. The molecule has 1 aromatic heterocycles. The van der Waals surface area contributed by atoms with E-state index in [9.17, 15) is 0 Å². The van der Waals surface area contributed by atoms with Crippen LogP contribution >= 0.6 is 15.9 Å². The molecule has 0 atom stereocenters. The average molecular weight is 372 g/mol. The van der Waals surface area contributed by atoms with Crippen LogP contribution in [0.5, 0.6) is 0 Å². The zero-order chi connectivity index (χ0) is 16.1. The Hall–Kier alpha value is -2.58. The van der Waals surface area contributed by atoms with Gasteiger partial charge in [0.05, 0.1) is 11.0 Å². The van der Waals surface area contributed by atoms with Crippen molar-refractivity contribution >= 4 is 48.5 Å². The summed E-state index contributed by atoms with van der Waals surface area (Å²) < 4.78 is 3.46. The molecular weight excluding hydrogens is 358 g/mol. The number of nitrogens with zero attached hydrogens (tertiary/aromatic N) is 1. The molecule has 0 amide bonds. The van der Waals surface area contributed by atoms with E-state index >= 15 is 0 Å². The Morgan fingerprint density at radius 2 is 1.21 bits per heavy atom. The normalized spacial score (nSPS) is 11.5. The van der Waals surface area contributed by atoms with E-state index in [1.807, 2.05) is 0 Å². The first-order valence-corrected chi connectivity index (χ1v) is 8.78. The molecular formula is C22H14BrN. The molecule has 114 valence electrons. The van der Waals surface area contributed by atoms with Gasteiger partial charge in [0.15, 0.2) is 0 Å². The maximum absolute atomic E-state index is 3.58. The molecule has 1 heterocycles. The molecule has 0 spiro atoms. The second-order valence-corrected chi connectivity index (χ2v) is 6.96. The minimum atomic E-state index is 1.11. The van der Waals surface area contributed by atoms with Crippen LogP contribution in [0.3, 0.4) is 0 Å². The third-order valence-corrected chi connectivity index (χ3v) is 5.12. The van der Waals surface area contributed by atoms with Crippen molar-refractivity contribution < 1.29 is 0 Å². The van der Waals surface area contributed by atoms with Crippen molar-refractivity contribution in [2.45, 2.75) is 0 Å². The van der Waals surface area contributed by atoms with Crippen molar-refractivity contribution in [3.63, 3.8) is 0 Å². The van der Waals surface area contributed by atoms with Crippen LogP contribution in [0, 0.1) is 0 Å². The molecule has 0 saturated carbocycles. The molecule has 0 aliphatic carbocycles. The van der Waals surface area contributed by atoms with Gasteiger partial charge in [-0.15, -0.1) is 0 Å². The van der Waals surface area contributed by atoms with Crippen LogP contribution < -0.4 is 0 Å². The van der Waals surface area contributed by atoms with Gasteiger partial charge in [0, 0.05) is 20.9 Å². The van der Waals surface area contributed by atoms with E-state index < -0.39 is 0 Å². The molecule has 2 heteroatoms. The fraction of sp³-hybridized carbons (Fsp3) is 0. The van der Waals surface area contributed by atoms with Crippen LogP contribution in [-0.4, -0.2) is 4.57 Å². The summed E-state index contributed by atoms with van der Waals surface area (Å²) in [6.07, 6.45) is 0.